The van der Waals surface area contributed by atoms with Gasteiger partial charge in [-0.25, -0.2) is 13.2 Å². The highest BCUT2D eigenvalue weighted by Crippen LogP contribution is 2.30. The quantitative estimate of drug-likeness (QED) is 0.665. The second kappa shape index (κ2) is 9.74. The van der Waals surface area contributed by atoms with Crippen LogP contribution in [0.15, 0.2) is 29.2 Å². The van der Waals surface area contributed by atoms with E-state index in [2.05, 4.69) is 17.6 Å². The average Bonchev–Trinajstić information content (AvgIpc) is 3.23. The number of nitrogens with one attached hydrogen (secondary N) is 2. The van der Waals surface area contributed by atoms with Crippen LogP contribution in [0.1, 0.15) is 58.3 Å². The summed E-state index contributed by atoms with van der Waals surface area (Å²) < 4.78 is 31.1. The Hall–Kier alpha value is -1.60. The Bertz CT molecular complexity index is 742. The molecule has 3 rings (SSSR count). The number of amides is 2. The van der Waals surface area contributed by atoms with Crippen molar-refractivity contribution in [3.8, 4) is 0 Å². The van der Waals surface area contributed by atoms with Crippen LogP contribution in [-0.2, 0) is 14.6 Å². The summed E-state index contributed by atoms with van der Waals surface area (Å²) in [6, 6.07) is 6.13. The zero-order chi connectivity index (χ0) is 20.0. The van der Waals surface area contributed by atoms with Crippen molar-refractivity contribution < 1.29 is 17.9 Å². The molecule has 2 N–H and O–H groups in total. The highest BCUT2D eigenvalue weighted by atomic mass is 32.2. The third-order valence-corrected chi connectivity index (χ3v) is 8.21. The summed E-state index contributed by atoms with van der Waals surface area (Å²) in [6.07, 6.45) is 8.55. The van der Waals surface area contributed by atoms with E-state index in [-0.39, 0.29) is 11.3 Å². The lowest BCUT2D eigenvalue weighted by molar-refractivity contribution is -0.00232. The van der Waals surface area contributed by atoms with Crippen molar-refractivity contribution in [3.05, 3.63) is 24.3 Å². The maximum atomic E-state index is 12.6. The van der Waals surface area contributed by atoms with Crippen molar-refractivity contribution in [1.82, 2.24) is 5.32 Å². The average molecular weight is 409 g/mol. The van der Waals surface area contributed by atoms with Crippen LogP contribution in [-0.4, -0.2) is 39.0 Å². The SMILES string of the molecule is C[C@H]1CCCC[C@@H]1OCCNC(=O)Nc1ccc(S(=O)(=O)C2CCCC2)cc1. The number of hydrogen-bond acceptors (Lipinski definition) is 4. The van der Waals surface area contributed by atoms with E-state index in [1.807, 2.05) is 0 Å². The van der Waals surface area contributed by atoms with E-state index in [1.165, 1.54) is 19.3 Å². The molecule has 28 heavy (non-hydrogen) atoms. The van der Waals surface area contributed by atoms with Gasteiger partial charge in [-0.3, -0.25) is 0 Å². The summed E-state index contributed by atoms with van der Waals surface area (Å²) in [5, 5.41) is 5.26. The largest absolute Gasteiger partial charge is 0.376 e. The molecule has 7 heteroatoms. The Morgan fingerprint density at radius 2 is 1.68 bits per heavy atom. The summed E-state index contributed by atoms with van der Waals surface area (Å²) in [5.41, 5.74) is 0.574. The Labute approximate surface area is 168 Å². The highest BCUT2D eigenvalue weighted by molar-refractivity contribution is 7.92. The maximum absolute atomic E-state index is 12.6. The fourth-order valence-electron chi connectivity index (χ4n) is 4.20. The number of anilines is 1. The molecule has 0 aliphatic heterocycles. The van der Waals surface area contributed by atoms with Gasteiger partial charge in [0.05, 0.1) is 22.9 Å². The van der Waals surface area contributed by atoms with Crippen LogP contribution >= 0.6 is 0 Å². The molecule has 0 saturated heterocycles. The minimum absolute atomic E-state index is 0.263. The third kappa shape index (κ3) is 5.47. The lowest BCUT2D eigenvalue weighted by atomic mass is 9.88. The number of rotatable bonds is 7. The van der Waals surface area contributed by atoms with Gasteiger partial charge in [-0.05, 0) is 55.9 Å². The molecule has 0 bridgehead atoms. The number of carbonyl (C=O) groups is 1. The molecule has 0 spiro atoms. The minimum Gasteiger partial charge on any atom is -0.376 e. The van der Waals surface area contributed by atoms with E-state index < -0.39 is 9.84 Å². The summed E-state index contributed by atoms with van der Waals surface area (Å²) in [6.45, 7) is 3.17. The van der Waals surface area contributed by atoms with Crippen LogP contribution in [0.3, 0.4) is 0 Å². The fraction of sp³-hybridized carbons (Fsp3) is 0.667. The van der Waals surface area contributed by atoms with Gasteiger partial charge in [-0.15, -0.1) is 0 Å². The maximum Gasteiger partial charge on any atom is 0.319 e. The van der Waals surface area contributed by atoms with E-state index in [0.717, 1.165) is 32.1 Å². The molecule has 2 aliphatic carbocycles. The van der Waals surface area contributed by atoms with Crippen LogP contribution in [0.5, 0.6) is 0 Å². The van der Waals surface area contributed by atoms with Gasteiger partial charge in [-0.2, -0.15) is 0 Å². The van der Waals surface area contributed by atoms with Gasteiger partial charge in [0.25, 0.3) is 0 Å². The summed E-state index contributed by atoms with van der Waals surface area (Å²) in [4.78, 5) is 12.4. The number of benzene rings is 1. The zero-order valence-corrected chi connectivity index (χ0v) is 17.5. The first-order valence-corrected chi connectivity index (χ1v) is 12.0. The van der Waals surface area contributed by atoms with E-state index >= 15 is 0 Å². The Morgan fingerprint density at radius 3 is 2.36 bits per heavy atom. The molecule has 6 nitrogen and oxygen atoms in total. The van der Waals surface area contributed by atoms with E-state index in [1.54, 1.807) is 24.3 Å². The van der Waals surface area contributed by atoms with Gasteiger partial charge in [0, 0.05) is 12.2 Å². The molecular formula is C21H32N2O4S. The van der Waals surface area contributed by atoms with E-state index in [0.29, 0.717) is 35.8 Å². The predicted molar refractivity (Wildman–Crippen MR) is 110 cm³/mol. The topological polar surface area (TPSA) is 84.5 Å². The van der Waals surface area contributed by atoms with Gasteiger partial charge >= 0.3 is 6.03 Å². The Kier molecular flexibility index (Phi) is 7.35. The van der Waals surface area contributed by atoms with Gasteiger partial charge in [-0.1, -0.05) is 32.6 Å². The molecule has 0 radical (unpaired) electrons. The molecule has 1 aromatic rings. The first-order valence-electron chi connectivity index (χ1n) is 10.5. The normalized spacial score (nSPS) is 23.5. The van der Waals surface area contributed by atoms with Crippen LogP contribution in [0.25, 0.3) is 0 Å². The molecule has 1 aromatic carbocycles. The van der Waals surface area contributed by atoms with Crippen LogP contribution < -0.4 is 10.6 Å². The number of sulfone groups is 1. The van der Waals surface area contributed by atoms with Crippen LogP contribution in [0.4, 0.5) is 10.5 Å². The highest BCUT2D eigenvalue weighted by Gasteiger charge is 2.30. The number of urea groups is 1. The second-order valence-corrected chi connectivity index (χ2v) is 10.3. The molecule has 0 unspecified atom stereocenters. The van der Waals surface area contributed by atoms with E-state index in [4.69, 9.17) is 4.74 Å². The smallest absolute Gasteiger partial charge is 0.319 e. The summed E-state index contributed by atoms with van der Waals surface area (Å²) >= 11 is 0. The molecule has 0 aromatic heterocycles. The summed E-state index contributed by atoms with van der Waals surface area (Å²) in [5.74, 6) is 0.585. The third-order valence-electron chi connectivity index (χ3n) is 5.93. The van der Waals surface area contributed by atoms with Gasteiger partial charge in [0.1, 0.15) is 0 Å². The molecule has 2 aliphatic rings. The molecular weight excluding hydrogens is 376 g/mol. The van der Waals surface area contributed by atoms with Gasteiger partial charge in [0.2, 0.25) is 0 Å². The van der Waals surface area contributed by atoms with E-state index in [9.17, 15) is 13.2 Å². The first-order chi connectivity index (χ1) is 13.5. The minimum atomic E-state index is -3.26. The summed E-state index contributed by atoms with van der Waals surface area (Å²) in [7, 11) is -3.26. The number of ether oxygens (including phenoxy) is 1. The predicted octanol–water partition coefficient (Wildman–Crippen LogP) is 4.12. The molecule has 2 atom stereocenters. The molecule has 2 saturated carbocycles. The lowest BCUT2D eigenvalue weighted by Gasteiger charge is -2.28. The second-order valence-electron chi connectivity index (χ2n) is 8.03. The van der Waals surface area contributed by atoms with Crippen LogP contribution in [0, 0.1) is 5.92 Å². The standard InChI is InChI=1S/C21H32N2O4S/c1-16-6-2-5-9-20(16)27-15-14-22-21(24)23-17-10-12-19(13-11-17)28(25,26)18-7-3-4-8-18/h10-13,16,18,20H,2-9,14-15H2,1H3,(H2,22,23,24)/t16-,20-/m0/s1. The van der Waals surface area contributed by atoms with Crippen molar-refractivity contribution in [1.29, 1.82) is 0 Å². The molecule has 2 fully saturated rings. The fourth-order valence-corrected chi connectivity index (χ4v) is 6.05. The number of carbonyl (C=O) groups excluding carboxylic acids is 1. The lowest BCUT2D eigenvalue weighted by Crippen LogP contribution is -2.34. The van der Waals surface area contributed by atoms with Crippen molar-refractivity contribution in [2.45, 2.75) is 74.5 Å². The molecule has 2 amide bonds. The zero-order valence-electron chi connectivity index (χ0n) is 16.7. The molecule has 156 valence electrons. The number of hydrogen-bond donors (Lipinski definition) is 2. The van der Waals surface area contributed by atoms with Crippen molar-refractivity contribution >= 4 is 21.6 Å². The Balaban J connectivity index is 1.41. The van der Waals surface area contributed by atoms with Gasteiger partial charge in [0.15, 0.2) is 9.84 Å². The first kappa shape index (κ1) is 21.1. The molecule has 0 heterocycles. The van der Waals surface area contributed by atoms with Crippen molar-refractivity contribution in [2.75, 3.05) is 18.5 Å². The monoisotopic (exact) mass is 408 g/mol. The van der Waals surface area contributed by atoms with Gasteiger partial charge < -0.3 is 15.4 Å². The van der Waals surface area contributed by atoms with Crippen molar-refractivity contribution in [2.24, 2.45) is 5.92 Å². The van der Waals surface area contributed by atoms with Crippen molar-refractivity contribution in [3.63, 3.8) is 0 Å². The Morgan fingerprint density at radius 1 is 1.04 bits per heavy atom. The van der Waals surface area contributed by atoms with Crippen LogP contribution in [0.2, 0.25) is 0 Å².